The SMILES string of the molecule is CC(=O)OC[C@]1(C)[C@@H]2CC[C@@]3(CO)c4cocc4CC[C@@H]3[C@@]2(C)CC(=O)[C@H]1OC(C)=O. The number of carbonyl (C=O) groups excluding carboxylic acids is 3. The lowest BCUT2D eigenvalue weighted by Gasteiger charge is -2.64. The Bertz CT molecular complexity index is 903. The normalized spacial score (nSPS) is 39.1. The largest absolute Gasteiger partial charge is 0.472 e. The average molecular weight is 433 g/mol. The number of aliphatic hydroxyl groups is 1. The van der Waals surface area contributed by atoms with Crippen LogP contribution in [-0.2, 0) is 35.7 Å². The highest BCUT2D eigenvalue weighted by Gasteiger charge is 2.67. The van der Waals surface area contributed by atoms with Gasteiger partial charge in [0.1, 0.15) is 6.61 Å². The van der Waals surface area contributed by atoms with Gasteiger partial charge in [0, 0.05) is 36.7 Å². The van der Waals surface area contributed by atoms with Crippen molar-refractivity contribution in [3.05, 3.63) is 23.7 Å². The Morgan fingerprint density at radius 1 is 1.16 bits per heavy atom. The molecule has 1 N–H and O–H groups in total. The molecule has 7 nitrogen and oxygen atoms in total. The highest BCUT2D eigenvalue weighted by Crippen LogP contribution is 2.66. The molecule has 3 aliphatic rings. The summed E-state index contributed by atoms with van der Waals surface area (Å²) in [6, 6.07) is 0. The van der Waals surface area contributed by atoms with E-state index in [4.69, 9.17) is 13.9 Å². The summed E-state index contributed by atoms with van der Waals surface area (Å²) in [6.45, 7) is 6.68. The van der Waals surface area contributed by atoms with Gasteiger partial charge < -0.3 is 19.0 Å². The van der Waals surface area contributed by atoms with E-state index in [9.17, 15) is 19.5 Å². The predicted molar refractivity (Wildman–Crippen MR) is 110 cm³/mol. The van der Waals surface area contributed by atoms with Gasteiger partial charge >= 0.3 is 11.9 Å². The summed E-state index contributed by atoms with van der Waals surface area (Å²) in [5.74, 6) is -1.04. The molecule has 1 aromatic rings. The maximum absolute atomic E-state index is 13.4. The monoisotopic (exact) mass is 432 g/mol. The van der Waals surface area contributed by atoms with Crippen LogP contribution in [0.3, 0.4) is 0 Å². The second-order valence-corrected chi connectivity index (χ2v) is 10.2. The quantitative estimate of drug-likeness (QED) is 0.730. The zero-order valence-corrected chi connectivity index (χ0v) is 18.7. The number of fused-ring (bicyclic) bond motifs is 5. The van der Waals surface area contributed by atoms with E-state index in [1.807, 2.05) is 6.92 Å². The molecular weight excluding hydrogens is 400 g/mol. The summed E-state index contributed by atoms with van der Waals surface area (Å²) >= 11 is 0. The molecule has 7 heteroatoms. The molecule has 0 aromatic carbocycles. The van der Waals surface area contributed by atoms with E-state index < -0.39 is 34.3 Å². The summed E-state index contributed by atoms with van der Waals surface area (Å²) in [6.07, 6.45) is 5.98. The van der Waals surface area contributed by atoms with Gasteiger partial charge in [0.2, 0.25) is 0 Å². The van der Waals surface area contributed by atoms with Crippen LogP contribution in [0.4, 0.5) is 0 Å². The Kier molecular flexibility index (Phi) is 5.31. The third kappa shape index (κ3) is 3.15. The van der Waals surface area contributed by atoms with Gasteiger partial charge in [-0.1, -0.05) is 13.8 Å². The first-order valence-corrected chi connectivity index (χ1v) is 11.1. The fourth-order valence-corrected chi connectivity index (χ4v) is 7.38. The molecule has 6 atom stereocenters. The van der Waals surface area contributed by atoms with Crippen molar-refractivity contribution in [3.8, 4) is 0 Å². The number of furan rings is 1. The number of carbonyl (C=O) groups is 3. The van der Waals surface area contributed by atoms with Crippen LogP contribution in [0.2, 0.25) is 0 Å². The average Bonchev–Trinajstić information content (AvgIpc) is 3.19. The van der Waals surface area contributed by atoms with Crippen LogP contribution in [0, 0.1) is 22.7 Å². The molecule has 0 unspecified atom stereocenters. The predicted octanol–water partition coefficient (Wildman–Crippen LogP) is 2.96. The topological polar surface area (TPSA) is 103 Å². The first-order chi connectivity index (χ1) is 14.6. The van der Waals surface area contributed by atoms with Gasteiger partial charge in [-0.2, -0.15) is 0 Å². The van der Waals surface area contributed by atoms with Crippen molar-refractivity contribution < 1.29 is 33.4 Å². The third-order valence-electron chi connectivity index (χ3n) is 8.51. The van der Waals surface area contributed by atoms with Crippen LogP contribution >= 0.6 is 0 Å². The van der Waals surface area contributed by atoms with Crippen molar-refractivity contribution in [2.24, 2.45) is 22.7 Å². The number of esters is 2. The number of Topliss-reactive ketones (excluding diaryl/α,β-unsaturated/α-hetero) is 1. The highest BCUT2D eigenvalue weighted by molar-refractivity contribution is 5.88. The van der Waals surface area contributed by atoms with Gasteiger partial charge in [-0.05, 0) is 48.5 Å². The number of hydrogen-bond acceptors (Lipinski definition) is 7. The molecule has 0 spiro atoms. The molecule has 1 heterocycles. The number of hydrogen-bond donors (Lipinski definition) is 1. The number of rotatable bonds is 4. The van der Waals surface area contributed by atoms with Crippen molar-refractivity contribution in [1.82, 2.24) is 0 Å². The second kappa shape index (κ2) is 7.47. The molecule has 0 amide bonds. The Morgan fingerprint density at radius 2 is 1.90 bits per heavy atom. The minimum absolute atomic E-state index is 0.00522. The molecule has 0 saturated heterocycles. The fraction of sp³-hybridized carbons (Fsp3) is 0.708. The molecule has 3 aliphatic carbocycles. The zero-order valence-electron chi connectivity index (χ0n) is 18.7. The van der Waals surface area contributed by atoms with Gasteiger partial charge in [0.25, 0.3) is 0 Å². The standard InChI is InChI=1S/C24H32O7/c1-14(26)30-13-23(4)19-7-8-24(12-25)17-11-29-10-16(17)5-6-20(24)22(19,3)9-18(28)21(23)31-15(2)27/h10-11,19-21,25H,5-9,12-13H2,1-4H3/t19-,20-,21-,22+,23-,24-/m1/s1. The minimum atomic E-state index is -0.947. The van der Waals surface area contributed by atoms with Gasteiger partial charge in [-0.25, -0.2) is 0 Å². The summed E-state index contributed by atoms with van der Waals surface area (Å²) < 4.78 is 16.5. The molecule has 2 fully saturated rings. The fourth-order valence-electron chi connectivity index (χ4n) is 7.38. The maximum atomic E-state index is 13.4. The number of aryl methyl sites for hydroxylation is 1. The summed E-state index contributed by atoms with van der Waals surface area (Å²) in [5, 5.41) is 10.6. The van der Waals surface area contributed by atoms with E-state index in [1.165, 1.54) is 13.8 Å². The molecule has 31 heavy (non-hydrogen) atoms. The van der Waals surface area contributed by atoms with Gasteiger partial charge in [-0.15, -0.1) is 0 Å². The van der Waals surface area contributed by atoms with Gasteiger partial charge in [0.15, 0.2) is 11.9 Å². The first-order valence-electron chi connectivity index (χ1n) is 11.1. The minimum Gasteiger partial charge on any atom is -0.472 e. The molecule has 0 bridgehead atoms. The molecule has 0 aliphatic heterocycles. The highest BCUT2D eigenvalue weighted by atomic mass is 16.6. The van der Waals surface area contributed by atoms with E-state index >= 15 is 0 Å². The third-order valence-corrected chi connectivity index (χ3v) is 8.51. The molecular formula is C24H32O7. The molecule has 0 radical (unpaired) electrons. The number of ether oxygens (including phenoxy) is 2. The van der Waals surface area contributed by atoms with Crippen molar-refractivity contribution in [2.75, 3.05) is 13.2 Å². The van der Waals surface area contributed by atoms with E-state index in [0.29, 0.717) is 0 Å². The Balaban J connectivity index is 1.80. The smallest absolute Gasteiger partial charge is 0.303 e. The van der Waals surface area contributed by atoms with Crippen LogP contribution < -0.4 is 0 Å². The Hall–Kier alpha value is -2.15. The zero-order chi connectivity index (χ0) is 22.6. The maximum Gasteiger partial charge on any atom is 0.303 e. The van der Waals surface area contributed by atoms with E-state index in [-0.39, 0.29) is 37.3 Å². The lowest BCUT2D eigenvalue weighted by atomic mass is 9.39. The molecule has 2 saturated carbocycles. The number of aliphatic hydroxyl groups excluding tert-OH is 1. The lowest BCUT2D eigenvalue weighted by molar-refractivity contribution is -0.206. The van der Waals surface area contributed by atoms with Crippen LogP contribution in [0.25, 0.3) is 0 Å². The van der Waals surface area contributed by atoms with E-state index in [2.05, 4.69) is 6.92 Å². The summed E-state index contributed by atoms with van der Waals surface area (Å²) in [7, 11) is 0. The van der Waals surface area contributed by atoms with Crippen LogP contribution in [-0.4, -0.2) is 42.1 Å². The van der Waals surface area contributed by atoms with Crippen molar-refractivity contribution in [2.45, 2.75) is 71.3 Å². The van der Waals surface area contributed by atoms with Gasteiger partial charge in [0.05, 0.1) is 19.1 Å². The van der Waals surface area contributed by atoms with E-state index in [0.717, 1.165) is 36.8 Å². The van der Waals surface area contributed by atoms with Crippen LogP contribution in [0.15, 0.2) is 16.9 Å². The lowest BCUT2D eigenvalue weighted by Crippen LogP contribution is -2.66. The van der Waals surface area contributed by atoms with Gasteiger partial charge in [-0.3, -0.25) is 14.4 Å². The van der Waals surface area contributed by atoms with Crippen LogP contribution in [0.1, 0.15) is 64.5 Å². The Morgan fingerprint density at radius 3 is 2.55 bits per heavy atom. The van der Waals surface area contributed by atoms with Crippen molar-refractivity contribution in [3.63, 3.8) is 0 Å². The molecule has 1 aromatic heterocycles. The Labute approximate surface area is 182 Å². The van der Waals surface area contributed by atoms with Crippen molar-refractivity contribution >= 4 is 17.7 Å². The molecule has 170 valence electrons. The van der Waals surface area contributed by atoms with E-state index in [1.54, 1.807) is 12.5 Å². The summed E-state index contributed by atoms with van der Waals surface area (Å²) in [5.41, 5.74) is 0.471. The van der Waals surface area contributed by atoms with Crippen molar-refractivity contribution in [1.29, 1.82) is 0 Å². The molecule has 4 rings (SSSR count). The second-order valence-electron chi connectivity index (χ2n) is 10.2. The summed E-state index contributed by atoms with van der Waals surface area (Å²) in [4.78, 5) is 36.9. The van der Waals surface area contributed by atoms with Crippen LogP contribution in [0.5, 0.6) is 0 Å². The number of ketones is 1. The first kappa shape index (κ1) is 22.1.